The van der Waals surface area contributed by atoms with E-state index in [0.717, 1.165) is 0 Å². The fraction of sp³-hybridized carbons (Fsp3) is 0.517. The second-order valence-electron chi connectivity index (χ2n) is 11.6. The molecule has 0 aromatic heterocycles. The van der Waals surface area contributed by atoms with E-state index in [4.69, 9.17) is 0 Å². The van der Waals surface area contributed by atoms with Gasteiger partial charge in [0.1, 0.15) is 0 Å². The Kier molecular flexibility index (Phi) is 5.87. The van der Waals surface area contributed by atoms with E-state index in [0.29, 0.717) is 11.0 Å². The highest BCUT2D eigenvalue weighted by Crippen LogP contribution is 2.49. The summed E-state index contributed by atoms with van der Waals surface area (Å²) in [6.45, 7) is 14.5. The van der Waals surface area contributed by atoms with Crippen molar-refractivity contribution < 1.29 is 0 Å². The van der Waals surface area contributed by atoms with Crippen LogP contribution in [0, 0.1) is 5.41 Å². The average Bonchev–Trinajstić information content (AvgIpc) is 3.05. The molecule has 0 bridgehead atoms. The van der Waals surface area contributed by atoms with Gasteiger partial charge in [0.05, 0.1) is 0 Å². The van der Waals surface area contributed by atoms with Crippen LogP contribution in [0.5, 0.6) is 0 Å². The molecule has 2 aromatic rings. The maximum atomic E-state index is 2.61. The van der Waals surface area contributed by atoms with Gasteiger partial charge < -0.3 is 0 Å². The maximum absolute atomic E-state index is 2.61. The van der Waals surface area contributed by atoms with Crippen molar-refractivity contribution in [2.24, 2.45) is 5.41 Å². The van der Waals surface area contributed by atoms with Gasteiger partial charge in [-0.25, -0.2) is 0 Å². The first-order valence-corrected chi connectivity index (χ1v) is 15.1. The van der Waals surface area contributed by atoms with Crippen LogP contribution in [-0.2, 0) is 5.41 Å². The second kappa shape index (κ2) is 8.15. The van der Waals surface area contributed by atoms with Crippen molar-refractivity contribution >= 4 is 14.9 Å². The monoisotopic (exact) mass is 416 g/mol. The predicted octanol–water partition coefficient (Wildman–Crippen LogP) is 8.52. The Morgan fingerprint density at radius 1 is 0.933 bits per heavy atom. The molecule has 2 aliphatic carbocycles. The Bertz CT molecular complexity index is 918. The molecule has 160 valence electrons. The molecule has 1 heteroatoms. The Hall–Kier alpha value is -1.60. The molecule has 1 unspecified atom stereocenters. The van der Waals surface area contributed by atoms with Crippen LogP contribution in [0.15, 0.2) is 48.0 Å². The average molecular weight is 417 g/mol. The van der Waals surface area contributed by atoms with E-state index in [1.54, 1.807) is 11.1 Å². The summed E-state index contributed by atoms with van der Waals surface area (Å²) in [6.07, 6.45) is 11.0. The molecule has 4 rings (SSSR count). The zero-order valence-electron chi connectivity index (χ0n) is 20.0. The molecule has 0 heterocycles. The summed E-state index contributed by atoms with van der Waals surface area (Å²) in [5.74, 6) is 0. The molecule has 1 atom stereocenters. The third-order valence-electron chi connectivity index (χ3n) is 7.62. The third kappa shape index (κ3) is 4.24. The smallest absolute Gasteiger partial charge is 0.0439 e. The molecule has 1 fully saturated rings. The number of fused-ring (bicyclic) bond motifs is 1. The lowest BCUT2D eigenvalue weighted by molar-refractivity contribution is 0.213. The highest BCUT2D eigenvalue weighted by molar-refractivity contribution is 6.58. The number of rotatable bonds is 4. The summed E-state index contributed by atoms with van der Waals surface area (Å²) in [5.41, 5.74) is 10.5. The van der Waals surface area contributed by atoms with Crippen LogP contribution in [0.25, 0.3) is 17.2 Å². The predicted molar refractivity (Wildman–Crippen MR) is 136 cm³/mol. The zero-order chi connectivity index (χ0) is 21.5. The molecule has 0 N–H and O–H groups in total. The summed E-state index contributed by atoms with van der Waals surface area (Å²) in [7, 11) is -0.834. The van der Waals surface area contributed by atoms with Gasteiger partial charge in [0.25, 0.3) is 0 Å². The molecule has 0 amide bonds. The number of benzene rings is 2. The standard InChI is InChI=1S/C29H40Si/c1-28(2,3)23-15-13-21(14-16-23)24-11-10-12-25-26(24)19-22(27(25)30(5)6)20-29(4)17-8-7-9-18-29/h10-16,19,27,30H,7-9,17-18,20H2,1-6H3. The van der Waals surface area contributed by atoms with Gasteiger partial charge in [-0.3, -0.25) is 0 Å². The lowest BCUT2D eigenvalue weighted by Gasteiger charge is -2.36. The molecule has 30 heavy (non-hydrogen) atoms. The molecule has 2 aliphatic rings. The SMILES string of the molecule is C[SiH](C)C1C(CC2(C)CCCCC2)=Cc2c(-c3ccc(C(C)(C)C)cc3)cccc21. The highest BCUT2D eigenvalue weighted by Gasteiger charge is 2.35. The Labute approximate surface area is 186 Å². The summed E-state index contributed by atoms with van der Waals surface area (Å²) in [6, 6.07) is 16.4. The van der Waals surface area contributed by atoms with Crippen LogP contribution in [0.1, 0.15) is 88.5 Å². The topological polar surface area (TPSA) is 0 Å². The molecule has 0 nitrogen and oxygen atoms in total. The van der Waals surface area contributed by atoms with Gasteiger partial charge in [0, 0.05) is 8.80 Å². The molecule has 0 radical (unpaired) electrons. The van der Waals surface area contributed by atoms with Crippen molar-refractivity contribution in [3.8, 4) is 11.1 Å². The third-order valence-corrected chi connectivity index (χ3v) is 9.74. The van der Waals surface area contributed by atoms with Crippen molar-refractivity contribution in [1.82, 2.24) is 0 Å². The fourth-order valence-electron chi connectivity index (χ4n) is 5.91. The minimum absolute atomic E-state index is 0.202. The first kappa shape index (κ1) is 21.6. The van der Waals surface area contributed by atoms with Crippen LogP contribution in [0.3, 0.4) is 0 Å². The van der Waals surface area contributed by atoms with Crippen molar-refractivity contribution in [2.75, 3.05) is 0 Å². The van der Waals surface area contributed by atoms with Gasteiger partial charge >= 0.3 is 0 Å². The normalized spacial score (nSPS) is 20.9. The van der Waals surface area contributed by atoms with E-state index in [2.05, 4.69) is 89.3 Å². The summed E-state index contributed by atoms with van der Waals surface area (Å²) in [4.78, 5) is 0. The van der Waals surface area contributed by atoms with Crippen LogP contribution in [-0.4, -0.2) is 8.80 Å². The van der Waals surface area contributed by atoms with Crippen LogP contribution in [0.4, 0.5) is 0 Å². The molecular formula is C29H40Si. The van der Waals surface area contributed by atoms with Crippen molar-refractivity contribution in [3.63, 3.8) is 0 Å². The van der Waals surface area contributed by atoms with Gasteiger partial charge in [0.15, 0.2) is 0 Å². The number of hydrogen-bond donors (Lipinski definition) is 0. The Morgan fingerprint density at radius 2 is 1.60 bits per heavy atom. The van der Waals surface area contributed by atoms with Gasteiger partial charge in [0.2, 0.25) is 0 Å². The molecule has 0 saturated heterocycles. The molecule has 0 aliphatic heterocycles. The molecule has 1 saturated carbocycles. The quantitative estimate of drug-likeness (QED) is 0.438. The largest absolute Gasteiger partial charge is 0.0714 e. The summed E-state index contributed by atoms with van der Waals surface area (Å²) < 4.78 is 0. The molecular weight excluding hydrogens is 376 g/mol. The first-order chi connectivity index (χ1) is 14.2. The Balaban J connectivity index is 1.72. The van der Waals surface area contributed by atoms with Crippen molar-refractivity contribution in [3.05, 3.63) is 64.7 Å². The van der Waals surface area contributed by atoms with Gasteiger partial charge in [-0.1, -0.05) is 114 Å². The summed E-state index contributed by atoms with van der Waals surface area (Å²) >= 11 is 0. The van der Waals surface area contributed by atoms with Gasteiger partial charge in [-0.2, -0.15) is 0 Å². The first-order valence-electron chi connectivity index (χ1n) is 12.1. The lowest BCUT2D eigenvalue weighted by atomic mass is 9.71. The highest BCUT2D eigenvalue weighted by atomic mass is 28.3. The number of allylic oxidation sites excluding steroid dienone is 1. The van der Waals surface area contributed by atoms with Crippen molar-refractivity contribution in [2.45, 2.75) is 90.3 Å². The number of hydrogen-bond acceptors (Lipinski definition) is 0. The van der Waals surface area contributed by atoms with E-state index < -0.39 is 8.80 Å². The lowest BCUT2D eigenvalue weighted by Crippen LogP contribution is -2.24. The van der Waals surface area contributed by atoms with E-state index in [-0.39, 0.29) is 5.41 Å². The van der Waals surface area contributed by atoms with Gasteiger partial charge in [-0.15, -0.1) is 0 Å². The van der Waals surface area contributed by atoms with Crippen LogP contribution >= 0.6 is 0 Å². The minimum Gasteiger partial charge on any atom is -0.0714 e. The summed E-state index contributed by atoms with van der Waals surface area (Å²) in [5, 5.41) is 0. The van der Waals surface area contributed by atoms with Crippen molar-refractivity contribution in [1.29, 1.82) is 0 Å². The fourth-order valence-corrected chi connectivity index (χ4v) is 7.99. The van der Waals surface area contributed by atoms with Crippen LogP contribution in [0.2, 0.25) is 13.1 Å². The minimum atomic E-state index is -0.834. The maximum Gasteiger partial charge on any atom is 0.0439 e. The van der Waals surface area contributed by atoms with E-state index in [1.807, 2.05) is 0 Å². The Morgan fingerprint density at radius 3 is 2.20 bits per heavy atom. The molecule has 0 spiro atoms. The molecule has 2 aromatic carbocycles. The van der Waals surface area contributed by atoms with E-state index >= 15 is 0 Å². The van der Waals surface area contributed by atoms with E-state index in [9.17, 15) is 0 Å². The van der Waals surface area contributed by atoms with E-state index in [1.165, 1.54) is 60.8 Å². The zero-order valence-corrected chi connectivity index (χ0v) is 21.2. The van der Waals surface area contributed by atoms with Crippen LogP contribution < -0.4 is 0 Å². The second-order valence-corrected chi connectivity index (χ2v) is 14.8. The van der Waals surface area contributed by atoms with Gasteiger partial charge in [-0.05, 0) is 63.5 Å².